The zero-order valence-electron chi connectivity index (χ0n) is 19.2. The number of anilines is 2. The molecular formula is C25H33ClN3OS. The Morgan fingerprint density at radius 1 is 1.03 bits per heavy atom. The third-order valence-electron chi connectivity index (χ3n) is 6.67. The minimum absolute atomic E-state index is 0.334. The molecule has 2 aromatic rings. The van der Waals surface area contributed by atoms with Gasteiger partial charge in [0.2, 0.25) is 0 Å². The fourth-order valence-corrected chi connectivity index (χ4v) is 6.47. The molecule has 0 amide bonds. The molecule has 1 saturated heterocycles. The summed E-state index contributed by atoms with van der Waals surface area (Å²) >= 11 is 8.16. The van der Waals surface area contributed by atoms with E-state index in [0.717, 1.165) is 37.4 Å². The number of piperidine rings is 1. The Hall–Kier alpha value is -1.24. The number of para-hydroxylation sites is 1. The van der Waals surface area contributed by atoms with Crippen LogP contribution in [0.15, 0.2) is 52.3 Å². The summed E-state index contributed by atoms with van der Waals surface area (Å²) < 4.78 is 0. The molecule has 1 radical (unpaired) electrons. The summed E-state index contributed by atoms with van der Waals surface area (Å²) in [5.74, 6) is 0. The molecule has 31 heavy (non-hydrogen) atoms. The molecule has 0 bridgehead atoms. The highest BCUT2D eigenvalue weighted by Crippen LogP contribution is 2.48. The smallest absolute Gasteiger partial charge is 0.0567 e. The zero-order valence-corrected chi connectivity index (χ0v) is 20.8. The molecule has 2 aliphatic rings. The van der Waals surface area contributed by atoms with Gasteiger partial charge in [0, 0.05) is 38.5 Å². The Kier molecular flexibility index (Phi) is 6.36. The van der Waals surface area contributed by atoms with Gasteiger partial charge < -0.3 is 9.80 Å². The summed E-state index contributed by atoms with van der Waals surface area (Å²) in [4.78, 5) is 7.41. The van der Waals surface area contributed by atoms with Gasteiger partial charge in [0.25, 0.3) is 0 Å². The first-order chi connectivity index (χ1) is 14.6. The fraction of sp³-hybridized carbons (Fsp3) is 0.520. The van der Waals surface area contributed by atoms with Crippen molar-refractivity contribution in [2.45, 2.75) is 73.9 Å². The van der Waals surface area contributed by atoms with Crippen molar-refractivity contribution in [3.63, 3.8) is 0 Å². The monoisotopic (exact) mass is 458 g/mol. The highest BCUT2D eigenvalue weighted by atomic mass is 35.5. The van der Waals surface area contributed by atoms with Crippen LogP contribution in [-0.2, 0) is 5.21 Å². The number of hydrogen-bond donors (Lipinski definition) is 0. The van der Waals surface area contributed by atoms with E-state index in [2.05, 4.69) is 80.9 Å². The normalized spacial score (nSPS) is 20.6. The van der Waals surface area contributed by atoms with Gasteiger partial charge in [0.15, 0.2) is 0 Å². The number of rotatable bonds is 5. The van der Waals surface area contributed by atoms with Crippen LogP contribution in [0.2, 0.25) is 5.02 Å². The minimum Gasteiger partial charge on any atom is -0.340 e. The second kappa shape index (κ2) is 8.60. The summed E-state index contributed by atoms with van der Waals surface area (Å²) in [6.07, 6.45) is 2.84. The summed E-state index contributed by atoms with van der Waals surface area (Å²) in [6.45, 7) is 10.2. The SMILES string of the molecule is CN(CCCN1c2ccccc2Sc2ccc(Cl)cc21)C1CC(C)(C)N([O])C(C)(C)C1. The van der Waals surface area contributed by atoms with E-state index in [9.17, 15) is 5.21 Å². The second-order valence-corrected chi connectivity index (χ2v) is 11.7. The molecule has 6 heteroatoms. The molecule has 1 fully saturated rings. The number of halogens is 1. The van der Waals surface area contributed by atoms with Crippen molar-refractivity contribution in [1.29, 1.82) is 0 Å². The van der Waals surface area contributed by atoms with Crippen LogP contribution in [-0.4, -0.2) is 47.2 Å². The Labute approximate surface area is 196 Å². The van der Waals surface area contributed by atoms with Crippen molar-refractivity contribution in [2.75, 3.05) is 25.0 Å². The van der Waals surface area contributed by atoms with Gasteiger partial charge in [0.05, 0.1) is 11.4 Å². The Morgan fingerprint density at radius 2 is 1.68 bits per heavy atom. The van der Waals surface area contributed by atoms with E-state index >= 15 is 0 Å². The van der Waals surface area contributed by atoms with E-state index in [-0.39, 0.29) is 11.1 Å². The highest BCUT2D eigenvalue weighted by Gasteiger charge is 2.46. The van der Waals surface area contributed by atoms with Crippen LogP contribution in [0.25, 0.3) is 0 Å². The van der Waals surface area contributed by atoms with Crippen LogP contribution in [0.5, 0.6) is 0 Å². The van der Waals surface area contributed by atoms with Crippen LogP contribution in [0, 0.1) is 0 Å². The largest absolute Gasteiger partial charge is 0.340 e. The van der Waals surface area contributed by atoms with Crippen LogP contribution in [0.4, 0.5) is 11.4 Å². The molecule has 2 aromatic carbocycles. The predicted octanol–water partition coefficient (Wildman–Crippen LogP) is 6.63. The lowest BCUT2D eigenvalue weighted by molar-refractivity contribution is -0.294. The molecule has 0 N–H and O–H groups in total. The lowest BCUT2D eigenvalue weighted by Gasteiger charge is -2.52. The van der Waals surface area contributed by atoms with Gasteiger partial charge in [-0.2, -0.15) is 0 Å². The first kappa shape index (κ1) is 22.9. The standard InChI is InChI=1S/C25H33ClN3OS/c1-24(2)16-19(17-25(3,4)29(24)30)27(5)13-8-14-28-20-9-6-7-10-22(20)31-23-12-11-18(26)15-21(23)28/h6-7,9-12,15,19H,8,13-14,16-17H2,1-5H3. The molecule has 167 valence electrons. The number of benzene rings is 2. The molecule has 0 aromatic heterocycles. The van der Waals surface area contributed by atoms with Gasteiger partial charge >= 0.3 is 0 Å². The average Bonchev–Trinajstić information content (AvgIpc) is 2.71. The topological polar surface area (TPSA) is 29.6 Å². The molecule has 0 aliphatic carbocycles. The maximum absolute atomic E-state index is 12.7. The van der Waals surface area contributed by atoms with Gasteiger partial charge in [-0.25, -0.2) is 0 Å². The number of hydroxylamine groups is 2. The van der Waals surface area contributed by atoms with Crippen molar-refractivity contribution in [3.05, 3.63) is 47.5 Å². The molecule has 0 unspecified atom stereocenters. The van der Waals surface area contributed by atoms with E-state index in [1.165, 1.54) is 26.2 Å². The highest BCUT2D eigenvalue weighted by molar-refractivity contribution is 7.99. The molecule has 2 heterocycles. The molecule has 0 spiro atoms. The molecule has 0 saturated carbocycles. The van der Waals surface area contributed by atoms with Gasteiger partial charge in [-0.05, 0) is 90.9 Å². The Bertz CT molecular complexity index is 930. The summed E-state index contributed by atoms with van der Waals surface area (Å²) in [7, 11) is 2.21. The van der Waals surface area contributed by atoms with E-state index in [0.29, 0.717) is 6.04 Å². The predicted molar refractivity (Wildman–Crippen MR) is 130 cm³/mol. The Morgan fingerprint density at radius 3 is 2.39 bits per heavy atom. The maximum Gasteiger partial charge on any atom is 0.0567 e. The maximum atomic E-state index is 12.7. The lowest BCUT2D eigenvalue weighted by atomic mass is 9.78. The molecule has 0 atom stereocenters. The number of fused-ring (bicyclic) bond motifs is 2. The van der Waals surface area contributed by atoms with E-state index in [1.807, 2.05) is 17.8 Å². The molecule has 2 aliphatic heterocycles. The quantitative estimate of drug-likeness (QED) is 0.502. The van der Waals surface area contributed by atoms with Gasteiger partial charge in [0.1, 0.15) is 0 Å². The van der Waals surface area contributed by atoms with Crippen molar-refractivity contribution < 1.29 is 5.21 Å². The van der Waals surface area contributed by atoms with Gasteiger partial charge in [-0.15, -0.1) is 10.3 Å². The van der Waals surface area contributed by atoms with Crippen molar-refractivity contribution in [3.8, 4) is 0 Å². The van der Waals surface area contributed by atoms with Crippen LogP contribution >= 0.6 is 23.4 Å². The zero-order chi connectivity index (χ0) is 22.4. The average molecular weight is 459 g/mol. The molecule has 4 nitrogen and oxygen atoms in total. The fourth-order valence-electron chi connectivity index (χ4n) is 5.23. The van der Waals surface area contributed by atoms with E-state index < -0.39 is 0 Å². The first-order valence-electron chi connectivity index (χ1n) is 11.1. The summed E-state index contributed by atoms with van der Waals surface area (Å²) in [5.41, 5.74) is 1.78. The number of nitrogens with zero attached hydrogens (tertiary/aromatic N) is 3. The number of hydrogen-bond acceptors (Lipinski definition) is 4. The Balaban J connectivity index is 1.46. The van der Waals surface area contributed by atoms with Crippen molar-refractivity contribution >= 4 is 34.7 Å². The first-order valence-corrected chi connectivity index (χ1v) is 12.3. The second-order valence-electron chi connectivity index (χ2n) is 10.1. The van der Waals surface area contributed by atoms with Crippen LogP contribution < -0.4 is 4.90 Å². The van der Waals surface area contributed by atoms with Crippen LogP contribution in [0.1, 0.15) is 47.0 Å². The van der Waals surface area contributed by atoms with Crippen molar-refractivity contribution in [2.24, 2.45) is 0 Å². The third kappa shape index (κ3) is 4.62. The minimum atomic E-state index is -0.334. The van der Waals surface area contributed by atoms with E-state index in [4.69, 9.17) is 11.6 Å². The van der Waals surface area contributed by atoms with Crippen LogP contribution in [0.3, 0.4) is 0 Å². The van der Waals surface area contributed by atoms with E-state index in [1.54, 1.807) is 0 Å². The molecular weight excluding hydrogens is 426 g/mol. The lowest BCUT2D eigenvalue weighted by Crippen LogP contribution is -2.62. The molecule has 4 rings (SSSR count). The third-order valence-corrected chi connectivity index (χ3v) is 8.04. The summed E-state index contributed by atoms with van der Waals surface area (Å²) in [6, 6.07) is 15.2. The van der Waals surface area contributed by atoms with Gasteiger partial charge in [-0.1, -0.05) is 35.5 Å². The van der Waals surface area contributed by atoms with Gasteiger partial charge in [-0.3, -0.25) is 0 Å². The van der Waals surface area contributed by atoms with Crippen molar-refractivity contribution in [1.82, 2.24) is 9.96 Å². The summed E-state index contributed by atoms with van der Waals surface area (Å²) in [5, 5.41) is 14.8.